The molecule has 1 atom stereocenters. The lowest BCUT2D eigenvalue weighted by Crippen LogP contribution is -2.29. The average molecular weight is 367 g/mol. The maximum absolute atomic E-state index is 13.3. The Morgan fingerprint density at radius 3 is 2.44 bits per heavy atom. The highest BCUT2D eigenvalue weighted by molar-refractivity contribution is 5.89. The third-order valence-corrected chi connectivity index (χ3v) is 4.33. The highest BCUT2D eigenvalue weighted by atomic mass is 19.1. The molecule has 0 bridgehead atoms. The highest BCUT2D eigenvalue weighted by Crippen LogP contribution is 2.27. The van der Waals surface area contributed by atoms with E-state index in [2.05, 4.69) is 15.4 Å². The molecule has 0 aliphatic carbocycles. The molecule has 0 spiro atoms. The van der Waals surface area contributed by atoms with Crippen LogP contribution in [0.5, 0.6) is 0 Å². The second kappa shape index (κ2) is 8.60. The van der Waals surface area contributed by atoms with Crippen molar-refractivity contribution in [1.82, 2.24) is 10.1 Å². The van der Waals surface area contributed by atoms with Gasteiger partial charge in [-0.1, -0.05) is 47.6 Å². The van der Waals surface area contributed by atoms with Gasteiger partial charge in [-0.05, 0) is 37.2 Å². The standard InChI is InChI=1S/C21H22FN3O2/c1-15-14-19(24-27-15)23-20(26)12-13-25(2)21(16-6-4-3-5-7-16)17-8-10-18(22)11-9-17/h3-11,14,21H,12-13H2,1-2H3,(H,23,24,26). The lowest BCUT2D eigenvalue weighted by atomic mass is 9.97. The Balaban J connectivity index is 1.70. The number of carbonyl (C=O) groups excluding carboxylic acids is 1. The Morgan fingerprint density at radius 2 is 1.81 bits per heavy atom. The van der Waals surface area contributed by atoms with E-state index >= 15 is 0 Å². The SMILES string of the molecule is Cc1cc(NC(=O)CCN(C)C(c2ccccc2)c2ccc(F)cc2)no1. The van der Waals surface area contributed by atoms with Gasteiger partial charge in [-0.15, -0.1) is 0 Å². The second-order valence-electron chi connectivity index (χ2n) is 6.47. The Kier molecular flexibility index (Phi) is 5.98. The maximum Gasteiger partial charge on any atom is 0.226 e. The predicted molar refractivity (Wildman–Crippen MR) is 102 cm³/mol. The first-order chi connectivity index (χ1) is 13.0. The van der Waals surface area contributed by atoms with Gasteiger partial charge in [0, 0.05) is 19.0 Å². The first kappa shape index (κ1) is 18.8. The molecule has 1 heterocycles. The van der Waals surface area contributed by atoms with Crippen molar-refractivity contribution in [3.8, 4) is 0 Å². The number of hydrogen-bond donors (Lipinski definition) is 1. The molecule has 0 saturated carbocycles. The normalized spacial score (nSPS) is 12.1. The zero-order valence-electron chi connectivity index (χ0n) is 15.4. The minimum absolute atomic E-state index is 0.0751. The zero-order chi connectivity index (χ0) is 19.2. The first-order valence-electron chi connectivity index (χ1n) is 8.77. The number of carbonyl (C=O) groups is 1. The average Bonchev–Trinajstić information content (AvgIpc) is 3.07. The summed E-state index contributed by atoms with van der Waals surface area (Å²) < 4.78 is 18.3. The van der Waals surface area contributed by atoms with Crippen molar-refractivity contribution in [2.24, 2.45) is 0 Å². The number of hydrogen-bond acceptors (Lipinski definition) is 4. The summed E-state index contributed by atoms with van der Waals surface area (Å²) in [5, 5.41) is 6.49. The highest BCUT2D eigenvalue weighted by Gasteiger charge is 2.20. The number of rotatable bonds is 7. The summed E-state index contributed by atoms with van der Waals surface area (Å²) in [4.78, 5) is 14.3. The van der Waals surface area contributed by atoms with E-state index < -0.39 is 0 Å². The smallest absolute Gasteiger partial charge is 0.226 e. The van der Waals surface area contributed by atoms with Crippen molar-refractivity contribution in [1.29, 1.82) is 0 Å². The van der Waals surface area contributed by atoms with Crippen LogP contribution in [0.4, 0.5) is 10.2 Å². The predicted octanol–water partition coefficient (Wildman–Crippen LogP) is 4.17. The van der Waals surface area contributed by atoms with Gasteiger partial charge in [0.15, 0.2) is 5.82 Å². The molecule has 1 aromatic heterocycles. The summed E-state index contributed by atoms with van der Waals surface area (Å²) >= 11 is 0. The van der Waals surface area contributed by atoms with Gasteiger partial charge >= 0.3 is 0 Å². The van der Waals surface area contributed by atoms with Gasteiger partial charge in [-0.3, -0.25) is 9.69 Å². The number of aromatic nitrogens is 1. The summed E-state index contributed by atoms with van der Waals surface area (Å²) in [6, 6.07) is 18.0. The number of anilines is 1. The molecular formula is C21H22FN3O2. The van der Waals surface area contributed by atoms with E-state index in [4.69, 9.17) is 4.52 Å². The van der Waals surface area contributed by atoms with Crippen molar-refractivity contribution in [2.45, 2.75) is 19.4 Å². The molecule has 1 amide bonds. The molecule has 27 heavy (non-hydrogen) atoms. The number of halogens is 1. The lowest BCUT2D eigenvalue weighted by molar-refractivity contribution is -0.116. The van der Waals surface area contributed by atoms with Gasteiger partial charge in [-0.2, -0.15) is 0 Å². The largest absolute Gasteiger partial charge is 0.360 e. The minimum Gasteiger partial charge on any atom is -0.360 e. The van der Waals surface area contributed by atoms with E-state index in [1.54, 1.807) is 25.1 Å². The Bertz CT molecular complexity index is 878. The van der Waals surface area contributed by atoms with Crippen LogP contribution in [0.2, 0.25) is 0 Å². The van der Waals surface area contributed by atoms with E-state index in [1.807, 2.05) is 37.4 Å². The fourth-order valence-electron chi connectivity index (χ4n) is 3.02. The van der Waals surface area contributed by atoms with E-state index in [-0.39, 0.29) is 17.8 Å². The van der Waals surface area contributed by atoms with Crippen LogP contribution in [0.25, 0.3) is 0 Å². The number of nitrogens with one attached hydrogen (secondary N) is 1. The van der Waals surface area contributed by atoms with E-state index in [1.165, 1.54) is 12.1 Å². The molecule has 0 aliphatic heterocycles. The van der Waals surface area contributed by atoms with Gasteiger partial charge in [0.05, 0.1) is 6.04 Å². The van der Waals surface area contributed by atoms with Crippen molar-refractivity contribution in [3.63, 3.8) is 0 Å². The summed E-state index contributed by atoms with van der Waals surface area (Å²) in [6.07, 6.45) is 0.299. The van der Waals surface area contributed by atoms with Gasteiger partial charge in [-0.25, -0.2) is 4.39 Å². The zero-order valence-corrected chi connectivity index (χ0v) is 15.4. The van der Waals surface area contributed by atoms with Crippen LogP contribution in [0.3, 0.4) is 0 Å². The first-order valence-corrected chi connectivity index (χ1v) is 8.77. The van der Waals surface area contributed by atoms with Gasteiger partial charge < -0.3 is 9.84 Å². The molecule has 1 unspecified atom stereocenters. The maximum atomic E-state index is 13.3. The fourth-order valence-corrected chi connectivity index (χ4v) is 3.02. The van der Waals surface area contributed by atoms with Crippen molar-refractivity contribution in [2.75, 3.05) is 18.9 Å². The molecule has 0 saturated heterocycles. The lowest BCUT2D eigenvalue weighted by Gasteiger charge is -2.29. The van der Waals surface area contributed by atoms with E-state index in [9.17, 15) is 9.18 Å². The molecule has 0 radical (unpaired) electrons. The van der Waals surface area contributed by atoms with Crippen LogP contribution in [-0.2, 0) is 4.79 Å². The Morgan fingerprint density at radius 1 is 1.15 bits per heavy atom. The topological polar surface area (TPSA) is 58.4 Å². The number of benzene rings is 2. The molecule has 2 aromatic carbocycles. The molecular weight excluding hydrogens is 345 g/mol. The molecule has 3 aromatic rings. The summed E-state index contributed by atoms with van der Waals surface area (Å²) in [5.41, 5.74) is 2.05. The van der Waals surface area contributed by atoms with Crippen LogP contribution in [0.15, 0.2) is 65.2 Å². The molecule has 140 valence electrons. The van der Waals surface area contributed by atoms with E-state index in [0.717, 1.165) is 11.1 Å². The van der Waals surface area contributed by atoms with Crippen LogP contribution in [0.1, 0.15) is 29.3 Å². The summed E-state index contributed by atoms with van der Waals surface area (Å²) in [5.74, 6) is 0.651. The quantitative estimate of drug-likeness (QED) is 0.681. The Labute approximate surface area is 157 Å². The van der Waals surface area contributed by atoms with Gasteiger partial charge in [0.25, 0.3) is 0 Å². The number of nitrogens with zero attached hydrogens (tertiary/aromatic N) is 2. The van der Waals surface area contributed by atoms with Crippen LogP contribution < -0.4 is 5.32 Å². The van der Waals surface area contributed by atoms with Crippen LogP contribution in [0, 0.1) is 12.7 Å². The molecule has 5 nitrogen and oxygen atoms in total. The number of amides is 1. The third kappa shape index (κ3) is 5.01. The Hall–Kier alpha value is -2.99. The molecule has 0 aliphatic rings. The van der Waals surface area contributed by atoms with Gasteiger partial charge in [0.1, 0.15) is 11.6 Å². The third-order valence-electron chi connectivity index (χ3n) is 4.33. The van der Waals surface area contributed by atoms with Crippen molar-refractivity contribution >= 4 is 11.7 Å². The van der Waals surface area contributed by atoms with Gasteiger partial charge in [0.2, 0.25) is 5.91 Å². The minimum atomic E-state index is -0.268. The molecule has 0 fully saturated rings. The number of aryl methyl sites for hydroxylation is 1. The van der Waals surface area contributed by atoms with Crippen LogP contribution in [-0.4, -0.2) is 29.6 Å². The monoisotopic (exact) mass is 367 g/mol. The van der Waals surface area contributed by atoms with Crippen molar-refractivity contribution in [3.05, 3.63) is 83.4 Å². The molecule has 1 N–H and O–H groups in total. The molecule has 6 heteroatoms. The summed E-state index contributed by atoms with van der Waals surface area (Å²) in [6.45, 7) is 2.29. The van der Waals surface area contributed by atoms with Crippen LogP contribution >= 0.6 is 0 Å². The van der Waals surface area contributed by atoms with E-state index in [0.29, 0.717) is 24.5 Å². The molecule has 3 rings (SSSR count). The fraction of sp³-hybridized carbons (Fsp3) is 0.238. The second-order valence-corrected chi connectivity index (χ2v) is 6.47. The van der Waals surface area contributed by atoms with Crippen molar-refractivity contribution < 1.29 is 13.7 Å². The summed E-state index contributed by atoms with van der Waals surface area (Å²) in [7, 11) is 1.95.